The Kier molecular flexibility index (Phi) is 8.94. The van der Waals surface area contributed by atoms with E-state index in [1.54, 1.807) is 48.5 Å². The Labute approximate surface area is 169 Å². The van der Waals surface area contributed by atoms with Gasteiger partial charge in [0.25, 0.3) is 0 Å². The van der Waals surface area contributed by atoms with Crippen LogP contribution in [0.25, 0.3) is 0 Å². The largest absolute Gasteiger partial charge is 0.458 e. The first-order valence-corrected chi connectivity index (χ1v) is 9.25. The Morgan fingerprint density at radius 1 is 0.862 bits per heavy atom. The van der Waals surface area contributed by atoms with Gasteiger partial charge in [0.2, 0.25) is 0 Å². The average molecular weight is 402 g/mol. The standard InChI is InChI=1S/C16H16N2O4.C5H10O2/c17-13-5-1-11(2-6-13)15(19)21-9-10-22-16(20)12-3-7-14(18)8-4-12;1-5-2-3-6-7-4-5/h1-8H,9-10,17-18H2;5H,2-4H2,1H3. The van der Waals surface area contributed by atoms with E-state index in [1.807, 2.05) is 0 Å². The normalized spacial score (nSPS) is 15.6. The third kappa shape index (κ3) is 8.20. The van der Waals surface area contributed by atoms with Crippen molar-refractivity contribution in [3.8, 4) is 0 Å². The highest BCUT2D eigenvalue weighted by atomic mass is 17.2. The van der Waals surface area contributed by atoms with Gasteiger partial charge in [-0.1, -0.05) is 6.92 Å². The summed E-state index contributed by atoms with van der Waals surface area (Å²) in [5.41, 5.74) is 13.0. The maximum Gasteiger partial charge on any atom is 0.338 e. The number of carbonyl (C=O) groups excluding carboxylic acids is 2. The third-order valence-corrected chi connectivity index (χ3v) is 3.97. The van der Waals surface area contributed by atoms with E-state index < -0.39 is 11.9 Å². The zero-order valence-corrected chi connectivity index (χ0v) is 16.3. The molecule has 3 rings (SSSR count). The second-order valence-electron chi connectivity index (χ2n) is 6.52. The quantitative estimate of drug-likeness (QED) is 0.339. The molecule has 0 aliphatic carbocycles. The minimum absolute atomic E-state index is 0.0239. The van der Waals surface area contributed by atoms with Crippen molar-refractivity contribution in [2.45, 2.75) is 13.3 Å². The molecule has 1 atom stereocenters. The first-order chi connectivity index (χ1) is 14.0. The van der Waals surface area contributed by atoms with Crippen LogP contribution >= 0.6 is 0 Å². The van der Waals surface area contributed by atoms with Crippen molar-refractivity contribution in [3.63, 3.8) is 0 Å². The van der Waals surface area contributed by atoms with Crippen LogP contribution in [0.5, 0.6) is 0 Å². The minimum Gasteiger partial charge on any atom is -0.458 e. The third-order valence-electron chi connectivity index (χ3n) is 3.97. The molecule has 1 aliphatic heterocycles. The number of rotatable bonds is 5. The summed E-state index contributed by atoms with van der Waals surface area (Å²) in [5.74, 6) is -0.305. The van der Waals surface area contributed by atoms with Crippen LogP contribution in [-0.2, 0) is 19.2 Å². The summed E-state index contributed by atoms with van der Waals surface area (Å²) in [5, 5.41) is 0. The fourth-order valence-corrected chi connectivity index (χ4v) is 2.23. The smallest absolute Gasteiger partial charge is 0.338 e. The van der Waals surface area contributed by atoms with Crippen LogP contribution in [0, 0.1) is 5.92 Å². The molecule has 2 aromatic rings. The fourth-order valence-electron chi connectivity index (χ4n) is 2.23. The molecule has 0 radical (unpaired) electrons. The van der Waals surface area contributed by atoms with Gasteiger partial charge in [0, 0.05) is 11.4 Å². The molecule has 1 fully saturated rings. The van der Waals surface area contributed by atoms with E-state index >= 15 is 0 Å². The molecule has 1 saturated heterocycles. The number of esters is 2. The highest BCUT2D eigenvalue weighted by Gasteiger charge is 2.09. The van der Waals surface area contributed by atoms with Crippen molar-refractivity contribution in [1.29, 1.82) is 0 Å². The molecule has 8 nitrogen and oxygen atoms in total. The van der Waals surface area contributed by atoms with Gasteiger partial charge in [0.05, 0.1) is 24.3 Å². The van der Waals surface area contributed by atoms with Crippen LogP contribution in [0.15, 0.2) is 48.5 Å². The molecule has 4 N–H and O–H groups in total. The molecule has 1 unspecified atom stereocenters. The van der Waals surface area contributed by atoms with Crippen LogP contribution in [-0.4, -0.2) is 38.4 Å². The first-order valence-electron chi connectivity index (χ1n) is 9.25. The maximum atomic E-state index is 11.7. The number of hydrogen-bond donors (Lipinski definition) is 2. The molecule has 2 aromatic carbocycles. The minimum atomic E-state index is -0.497. The zero-order valence-electron chi connectivity index (χ0n) is 16.3. The molecular formula is C21H26N2O6. The fraction of sp³-hybridized carbons (Fsp3) is 0.333. The molecule has 1 aliphatic rings. The lowest BCUT2D eigenvalue weighted by Gasteiger charge is -2.15. The second kappa shape index (κ2) is 11.7. The second-order valence-corrected chi connectivity index (χ2v) is 6.52. The monoisotopic (exact) mass is 402 g/mol. The van der Waals surface area contributed by atoms with Crippen molar-refractivity contribution >= 4 is 23.3 Å². The van der Waals surface area contributed by atoms with Crippen molar-refractivity contribution in [3.05, 3.63) is 59.7 Å². The van der Waals surface area contributed by atoms with E-state index in [9.17, 15) is 9.59 Å². The van der Waals surface area contributed by atoms with Gasteiger partial charge in [-0.05, 0) is 60.9 Å². The number of nitrogen functional groups attached to an aromatic ring is 2. The number of benzene rings is 2. The van der Waals surface area contributed by atoms with Crippen LogP contribution in [0.3, 0.4) is 0 Å². The number of anilines is 2. The molecule has 0 amide bonds. The summed E-state index contributed by atoms with van der Waals surface area (Å²) in [6.45, 7) is 3.64. The van der Waals surface area contributed by atoms with Gasteiger partial charge in [-0.15, -0.1) is 0 Å². The van der Waals surface area contributed by atoms with E-state index in [4.69, 9.17) is 20.9 Å². The predicted molar refractivity (Wildman–Crippen MR) is 108 cm³/mol. The number of ether oxygens (including phenoxy) is 2. The molecule has 1 heterocycles. The van der Waals surface area contributed by atoms with Crippen LogP contribution in [0.2, 0.25) is 0 Å². The molecule has 0 spiro atoms. The summed E-state index contributed by atoms with van der Waals surface area (Å²) >= 11 is 0. The summed E-state index contributed by atoms with van der Waals surface area (Å²) < 4.78 is 9.99. The average Bonchev–Trinajstić information content (AvgIpc) is 2.73. The van der Waals surface area contributed by atoms with Gasteiger partial charge in [0.15, 0.2) is 0 Å². The number of nitrogens with two attached hydrogens (primary N) is 2. The Bertz CT molecular complexity index is 711. The molecule has 8 heteroatoms. The highest BCUT2D eigenvalue weighted by Crippen LogP contribution is 2.09. The van der Waals surface area contributed by atoms with Crippen molar-refractivity contribution in [1.82, 2.24) is 0 Å². The van der Waals surface area contributed by atoms with E-state index in [1.165, 1.54) is 0 Å². The molecule has 156 valence electrons. The van der Waals surface area contributed by atoms with E-state index in [2.05, 4.69) is 16.7 Å². The topological polar surface area (TPSA) is 123 Å². The summed E-state index contributed by atoms with van der Waals surface area (Å²) in [6, 6.07) is 12.7. The first kappa shape index (κ1) is 22.2. The Morgan fingerprint density at radius 2 is 1.31 bits per heavy atom. The van der Waals surface area contributed by atoms with Crippen molar-refractivity contribution < 1.29 is 28.8 Å². The Hall–Kier alpha value is -3.10. The highest BCUT2D eigenvalue weighted by molar-refractivity contribution is 5.90. The van der Waals surface area contributed by atoms with Gasteiger partial charge in [-0.25, -0.2) is 19.4 Å². The lowest BCUT2D eigenvalue weighted by molar-refractivity contribution is -0.322. The number of carbonyl (C=O) groups is 2. The molecular weight excluding hydrogens is 376 g/mol. The van der Waals surface area contributed by atoms with E-state index in [0.29, 0.717) is 28.4 Å². The van der Waals surface area contributed by atoms with Gasteiger partial charge in [-0.2, -0.15) is 0 Å². The molecule has 29 heavy (non-hydrogen) atoms. The van der Waals surface area contributed by atoms with Gasteiger partial charge in [0.1, 0.15) is 13.2 Å². The van der Waals surface area contributed by atoms with Crippen LogP contribution in [0.1, 0.15) is 34.1 Å². The van der Waals surface area contributed by atoms with E-state index in [0.717, 1.165) is 19.6 Å². The van der Waals surface area contributed by atoms with E-state index in [-0.39, 0.29) is 13.2 Å². The van der Waals surface area contributed by atoms with Crippen LogP contribution < -0.4 is 11.5 Å². The zero-order chi connectivity index (χ0) is 21.1. The summed E-state index contributed by atoms with van der Waals surface area (Å²) in [6.07, 6.45) is 1.14. The van der Waals surface area contributed by atoms with Crippen molar-refractivity contribution in [2.24, 2.45) is 5.92 Å². The Morgan fingerprint density at radius 3 is 1.62 bits per heavy atom. The number of hydrogen-bond acceptors (Lipinski definition) is 8. The summed E-state index contributed by atoms with van der Waals surface area (Å²) in [4.78, 5) is 32.7. The maximum absolute atomic E-state index is 11.7. The summed E-state index contributed by atoms with van der Waals surface area (Å²) in [7, 11) is 0. The van der Waals surface area contributed by atoms with Crippen LogP contribution in [0.4, 0.5) is 11.4 Å². The van der Waals surface area contributed by atoms with Gasteiger partial charge >= 0.3 is 11.9 Å². The lowest BCUT2D eigenvalue weighted by Crippen LogP contribution is -2.15. The van der Waals surface area contributed by atoms with Gasteiger partial charge in [-0.3, -0.25) is 0 Å². The van der Waals surface area contributed by atoms with Crippen molar-refractivity contribution in [2.75, 3.05) is 37.9 Å². The van der Waals surface area contributed by atoms with Gasteiger partial charge < -0.3 is 20.9 Å². The predicted octanol–water partition coefficient (Wildman–Crippen LogP) is 2.84. The molecule has 0 aromatic heterocycles. The molecule has 0 bridgehead atoms. The SMILES string of the molecule is CC1CCOOC1.Nc1ccc(C(=O)OCCOC(=O)c2ccc(N)cc2)cc1. The lowest BCUT2D eigenvalue weighted by atomic mass is 10.1. The Balaban J connectivity index is 0.000000360. The molecule has 0 saturated carbocycles.